The highest BCUT2D eigenvalue weighted by molar-refractivity contribution is 6.12. The van der Waals surface area contributed by atoms with Crippen LogP contribution in [0.2, 0.25) is 0 Å². The Hall–Kier alpha value is -1.88. The maximum Gasteiger partial charge on any atom is 0.333 e. The largest absolute Gasteiger partial charge is 0.479 e. The molecule has 2 rings (SSSR count). The second-order valence-electron chi connectivity index (χ2n) is 4.91. The monoisotopic (exact) mass is 262 g/mol. The maximum absolute atomic E-state index is 12.3. The Morgan fingerprint density at radius 3 is 2.47 bits per heavy atom. The number of carboxylic acid groups (broad SMARTS) is 1. The molecule has 0 radical (unpaired) electrons. The third kappa shape index (κ3) is 2.76. The second kappa shape index (κ2) is 5.40. The minimum atomic E-state index is -1.50. The summed E-state index contributed by atoms with van der Waals surface area (Å²) in [6.45, 7) is 2.50. The summed E-state index contributed by atoms with van der Waals surface area (Å²) >= 11 is 0. The van der Waals surface area contributed by atoms with Crippen molar-refractivity contribution in [2.75, 3.05) is 11.9 Å². The molecule has 5 nitrogen and oxygen atoms in total. The molecule has 0 aromatic heterocycles. The number of carbonyl (C=O) groups excluding carboxylic acids is 1. The number of amides is 1. The summed E-state index contributed by atoms with van der Waals surface area (Å²) in [5, 5.41) is 14.9. The zero-order chi connectivity index (χ0) is 13.9. The van der Waals surface area contributed by atoms with Crippen LogP contribution in [0.4, 0.5) is 5.69 Å². The molecule has 3 N–H and O–H groups in total. The number of carbonyl (C=O) groups is 2. The number of rotatable bonds is 3. The SMILES string of the molecule is Cc1ccc(NC(=O)C2(C(=O)O)CCCCN2)cc1. The molecule has 0 aliphatic carbocycles. The van der Waals surface area contributed by atoms with Crippen LogP contribution in [0.3, 0.4) is 0 Å². The molecule has 5 heteroatoms. The van der Waals surface area contributed by atoms with E-state index >= 15 is 0 Å². The lowest BCUT2D eigenvalue weighted by molar-refractivity contribution is -0.150. The average molecular weight is 262 g/mol. The van der Waals surface area contributed by atoms with E-state index in [1.54, 1.807) is 12.1 Å². The van der Waals surface area contributed by atoms with Gasteiger partial charge in [-0.05, 0) is 44.9 Å². The molecule has 0 spiro atoms. The van der Waals surface area contributed by atoms with Crippen LogP contribution in [0.15, 0.2) is 24.3 Å². The molecule has 0 bridgehead atoms. The Labute approximate surface area is 112 Å². The molecular weight excluding hydrogens is 244 g/mol. The number of piperidine rings is 1. The highest BCUT2D eigenvalue weighted by Crippen LogP contribution is 2.22. The third-order valence-corrected chi connectivity index (χ3v) is 3.47. The fourth-order valence-corrected chi connectivity index (χ4v) is 2.25. The van der Waals surface area contributed by atoms with Gasteiger partial charge in [-0.2, -0.15) is 0 Å². The number of benzene rings is 1. The second-order valence-corrected chi connectivity index (χ2v) is 4.91. The summed E-state index contributed by atoms with van der Waals surface area (Å²) in [6.07, 6.45) is 1.95. The molecule has 1 unspecified atom stereocenters. The van der Waals surface area contributed by atoms with Gasteiger partial charge in [-0.25, -0.2) is 4.79 Å². The first-order chi connectivity index (χ1) is 9.04. The van der Waals surface area contributed by atoms with Crippen molar-refractivity contribution in [3.05, 3.63) is 29.8 Å². The summed E-state index contributed by atoms with van der Waals surface area (Å²) < 4.78 is 0. The van der Waals surface area contributed by atoms with Crippen molar-refractivity contribution in [3.63, 3.8) is 0 Å². The van der Waals surface area contributed by atoms with Crippen molar-refractivity contribution in [2.24, 2.45) is 0 Å². The molecule has 1 atom stereocenters. The summed E-state index contributed by atoms with van der Waals surface area (Å²) in [5.74, 6) is -1.61. The van der Waals surface area contributed by atoms with Crippen molar-refractivity contribution < 1.29 is 14.7 Å². The molecule has 19 heavy (non-hydrogen) atoms. The number of anilines is 1. The van der Waals surface area contributed by atoms with Crippen LogP contribution < -0.4 is 10.6 Å². The zero-order valence-corrected chi connectivity index (χ0v) is 10.9. The molecule has 1 heterocycles. The van der Waals surface area contributed by atoms with Crippen molar-refractivity contribution in [2.45, 2.75) is 31.7 Å². The molecule has 102 valence electrons. The van der Waals surface area contributed by atoms with E-state index in [4.69, 9.17) is 0 Å². The van der Waals surface area contributed by atoms with Crippen molar-refractivity contribution in [3.8, 4) is 0 Å². The minimum Gasteiger partial charge on any atom is -0.479 e. The Kier molecular flexibility index (Phi) is 3.85. The summed E-state index contributed by atoms with van der Waals surface area (Å²) in [7, 11) is 0. The van der Waals surface area contributed by atoms with E-state index in [-0.39, 0.29) is 0 Å². The molecule has 1 amide bonds. The smallest absolute Gasteiger partial charge is 0.333 e. The van der Waals surface area contributed by atoms with E-state index in [2.05, 4.69) is 10.6 Å². The van der Waals surface area contributed by atoms with Crippen LogP contribution in [0.1, 0.15) is 24.8 Å². The normalized spacial score (nSPS) is 22.8. The maximum atomic E-state index is 12.3. The first-order valence-corrected chi connectivity index (χ1v) is 6.41. The van der Waals surface area contributed by atoms with Crippen LogP contribution in [0.5, 0.6) is 0 Å². The van der Waals surface area contributed by atoms with E-state index in [0.29, 0.717) is 18.7 Å². The fourth-order valence-electron chi connectivity index (χ4n) is 2.25. The minimum absolute atomic E-state index is 0.319. The highest BCUT2D eigenvalue weighted by atomic mass is 16.4. The van der Waals surface area contributed by atoms with Gasteiger partial charge in [0.15, 0.2) is 5.54 Å². The predicted molar refractivity (Wildman–Crippen MR) is 72.0 cm³/mol. The summed E-state index contributed by atoms with van der Waals surface area (Å²) in [4.78, 5) is 23.7. The van der Waals surface area contributed by atoms with Gasteiger partial charge in [0.1, 0.15) is 0 Å². The highest BCUT2D eigenvalue weighted by Gasteiger charge is 2.46. The third-order valence-electron chi connectivity index (χ3n) is 3.47. The van der Waals surface area contributed by atoms with Crippen molar-refractivity contribution in [1.82, 2.24) is 5.32 Å². The molecule has 1 aromatic carbocycles. The molecule has 1 fully saturated rings. The van der Waals surface area contributed by atoms with Gasteiger partial charge in [-0.3, -0.25) is 10.1 Å². The van der Waals surface area contributed by atoms with Crippen LogP contribution in [0.25, 0.3) is 0 Å². The number of hydrogen-bond donors (Lipinski definition) is 3. The lowest BCUT2D eigenvalue weighted by Crippen LogP contribution is -2.62. The van der Waals surface area contributed by atoms with Gasteiger partial charge in [-0.15, -0.1) is 0 Å². The van der Waals surface area contributed by atoms with Crippen LogP contribution in [-0.4, -0.2) is 29.1 Å². The van der Waals surface area contributed by atoms with E-state index in [1.807, 2.05) is 19.1 Å². The first-order valence-electron chi connectivity index (χ1n) is 6.41. The average Bonchev–Trinajstić information content (AvgIpc) is 2.42. The predicted octanol–water partition coefficient (Wildman–Crippen LogP) is 1.53. The lowest BCUT2D eigenvalue weighted by Gasteiger charge is -2.32. The van der Waals surface area contributed by atoms with E-state index in [1.165, 1.54) is 0 Å². The van der Waals surface area contributed by atoms with Gasteiger partial charge >= 0.3 is 5.97 Å². The standard InChI is InChI=1S/C14H18N2O3/c1-10-4-6-11(7-5-10)16-12(17)14(13(18)19)8-2-3-9-15-14/h4-7,15H,2-3,8-9H2,1H3,(H,16,17)(H,18,19). The molecule has 1 aliphatic rings. The first kappa shape index (κ1) is 13.5. The molecule has 0 saturated carbocycles. The molecule has 1 aliphatic heterocycles. The Balaban J connectivity index is 2.16. The van der Waals surface area contributed by atoms with Gasteiger partial charge < -0.3 is 10.4 Å². The fraction of sp³-hybridized carbons (Fsp3) is 0.429. The Morgan fingerprint density at radius 1 is 1.26 bits per heavy atom. The van der Waals surface area contributed by atoms with Gasteiger partial charge in [0.25, 0.3) is 5.91 Å². The summed E-state index contributed by atoms with van der Waals surface area (Å²) in [6, 6.07) is 7.28. The van der Waals surface area contributed by atoms with Crippen molar-refractivity contribution >= 4 is 17.6 Å². The van der Waals surface area contributed by atoms with Gasteiger partial charge in [-0.1, -0.05) is 17.7 Å². The van der Waals surface area contributed by atoms with E-state index < -0.39 is 17.4 Å². The van der Waals surface area contributed by atoms with Crippen LogP contribution in [0, 0.1) is 6.92 Å². The Bertz CT molecular complexity index is 476. The molecule has 1 saturated heterocycles. The zero-order valence-electron chi connectivity index (χ0n) is 10.9. The van der Waals surface area contributed by atoms with Gasteiger partial charge in [0.05, 0.1) is 0 Å². The Morgan fingerprint density at radius 2 is 1.95 bits per heavy atom. The number of aryl methyl sites for hydroxylation is 1. The lowest BCUT2D eigenvalue weighted by atomic mass is 9.88. The quantitative estimate of drug-likeness (QED) is 0.722. The van der Waals surface area contributed by atoms with Crippen LogP contribution >= 0.6 is 0 Å². The number of aliphatic carboxylic acids is 1. The number of carboxylic acids is 1. The molecule has 1 aromatic rings. The molecular formula is C14H18N2O3. The van der Waals surface area contributed by atoms with Gasteiger partial charge in [0, 0.05) is 5.69 Å². The van der Waals surface area contributed by atoms with Crippen LogP contribution in [-0.2, 0) is 9.59 Å². The number of nitrogens with one attached hydrogen (secondary N) is 2. The summed E-state index contributed by atoms with van der Waals surface area (Å²) in [5.41, 5.74) is 0.202. The number of hydrogen-bond acceptors (Lipinski definition) is 3. The topological polar surface area (TPSA) is 78.4 Å². The van der Waals surface area contributed by atoms with Crippen molar-refractivity contribution in [1.29, 1.82) is 0 Å². The van der Waals surface area contributed by atoms with Gasteiger partial charge in [0.2, 0.25) is 0 Å². The van der Waals surface area contributed by atoms with E-state index in [0.717, 1.165) is 18.4 Å². The van der Waals surface area contributed by atoms with E-state index in [9.17, 15) is 14.7 Å².